The van der Waals surface area contributed by atoms with Gasteiger partial charge in [-0.3, -0.25) is 4.79 Å². The summed E-state index contributed by atoms with van der Waals surface area (Å²) >= 11 is 1.64. The summed E-state index contributed by atoms with van der Waals surface area (Å²) in [6, 6.07) is 0. The van der Waals surface area contributed by atoms with Crippen LogP contribution < -0.4 is 10.6 Å². The number of fused-ring (bicyclic) bond motifs is 1. The lowest BCUT2D eigenvalue weighted by Crippen LogP contribution is -2.32. The summed E-state index contributed by atoms with van der Waals surface area (Å²) in [4.78, 5) is 22.3. The second-order valence-corrected chi connectivity index (χ2v) is 5.59. The minimum Gasteiger partial charge on any atom is -0.383 e. The van der Waals surface area contributed by atoms with E-state index in [1.54, 1.807) is 18.4 Å². The van der Waals surface area contributed by atoms with Crippen molar-refractivity contribution in [3.8, 4) is 0 Å². The predicted molar refractivity (Wildman–Crippen MR) is 80.3 cm³/mol. The molecule has 0 unspecified atom stereocenters. The maximum Gasteiger partial charge on any atom is 0.239 e. The van der Waals surface area contributed by atoms with Crippen LogP contribution in [0.3, 0.4) is 0 Å². The van der Waals surface area contributed by atoms with Crippen molar-refractivity contribution in [3.05, 3.63) is 16.8 Å². The van der Waals surface area contributed by atoms with Crippen LogP contribution in [-0.2, 0) is 9.53 Å². The highest BCUT2D eigenvalue weighted by molar-refractivity contribution is 7.18. The first-order valence-electron chi connectivity index (χ1n) is 6.33. The summed E-state index contributed by atoms with van der Waals surface area (Å²) < 4.78 is 4.88. The number of nitrogens with zero attached hydrogens (tertiary/aromatic N) is 2. The number of amides is 1. The van der Waals surface area contributed by atoms with Gasteiger partial charge in [0.1, 0.15) is 17.0 Å². The fourth-order valence-corrected chi connectivity index (χ4v) is 2.83. The van der Waals surface area contributed by atoms with E-state index in [1.165, 1.54) is 11.2 Å². The van der Waals surface area contributed by atoms with E-state index in [4.69, 9.17) is 4.74 Å². The molecule has 6 nitrogen and oxygen atoms in total. The molecular weight excluding hydrogens is 276 g/mol. The number of carbonyl (C=O) groups is 1. The SMILES string of the molecule is COCCNC(=O)CNc1ncnc2sc(C)c(C)c12. The minimum atomic E-state index is -0.0848. The zero-order valence-electron chi connectivity index (χ0n) is 11.8. The van der Waals surface area contributed by atoms with Crippen LogP contribution in [0.4, 0.5) is 5.82 Å². The molecule has 0 saturated carbocycles. The molecule has 0 fully saturated rings. The van der Waals surface area contributed by atoms with Gasteiger partial charge in [-0.15, -0.1) is 11.3 Å². The smallest absolute Gasteiger partial charge is 0.239 e. The molecule has 0 bridgehead atoms. The van der Waals surface area contributed by atoms with Crippen LogP contribution in [0, 0.1) is 13.8 Å². The van der Waals surface area contributed by atoms with Crippen LogP contribution in [0.5, 0.6) is 0 Å². The molecule has 2 aromatic heterocycles. The first-order chi connectivity index (χ1) is 9.63. The molecule has 0 radical (unpaired) electrons. The number of nitrogens with one attached hydrogen (secondary N) is 2. The van der Waals surface area contributed by atoms with Crippen molar-refractivity contribution in [1.29, 1.82) is 0 Å². The highest BCUT2D eigenvalue weighted by Gasteiger charge is 2.12. The van der Waals surface area contributed by atoms with Crippen molar-refractivity contribution >= 4 is 33.3 Å². The van der Waals surface area contributed by atoms with E-state index in [0.29, 0.717) is 19.0 Å². The van der Waals surface area contributed by atoms with Crippen LogP contribution in [0.15, 0.2) is 6.33 Å². The summed E-state index contributed by atoms with van der Waals surface area (Å²) in [7, 11) is 1.60. The number of carbonyl (C=O) groups excluding carboxylic acids is 1. The quantitative estimate of drug-likeness (QED) is 0.789. The first kappa shape index (κ1) is 14.7. The number of hydrogen-bond acceptors (Lipinski definition) is 6. The third-order valence-corrected chi connectivity index (χ3v) is 4.13. The lowest BCUT2D eigenvalue weighted by Gasteiger charge is -2.08. The molecule has 0 aliphatic rings. The van der Waals surface area contributed by atoms with Gasteiger partial charge in [0.05, 0.1) is 18.5 Å². The lowest BCUT2D eigenvalue weighted by molar-refractivity contribution is -0.119. The second kappa shape index (κ2) is 6.62. The van der Waals surface area contributed by atoms with E-state index in [2.05, 4.69) is 27.5 Å². The second-order valence-electron chi connectivity index (χ2n) is 4.38. The van der Waals surface area contributed by atoms with E-state index in [1.807, 2.05) is 6.92 Å². The van der Waals surface area contributed by atoms with Crippen LogP contribution in [0.2, 0.25) is 0 Å². The molecule has 2 heterocycles. The summed E-state index contributed by atoms with van der Waals surface area (Å²) in [6.07, 6.45) is 1.52. The van der Waals surface area contributed by atoms with Gasteiger partial charge in [-0.05, 0) is 19.4 Å². The molecule has 7 heteroatoms. The van der Waals surface area contributed by atoms with Crippen molar-refractivity contribution in [1.82, 2.24) is 15.3 Å². The third kappa shape index (κ3) is 3.23. The van der Waals surface area contributed by atoms with E-state index in [9.17, 15) is 4.79 Å². The normalized spacial score (nSPS) is 10.8. The minimum absolute atomic E-state index is 0.0848. The first-order valence-corrected chi connectivity index (χ1v) is 7.15. The van der Waals surface area contributed by atoms with Gasteiger partial charge in [-0.2, -0.15) is 0 Å². The van der Waals surface area contributed by atoms with Gasteiger partial charge in [0.25, 0.3) is 0 Å². The fraction of sp³-hybridized carbons (Fsp3) is 0.462. The van der Waals surface area contributed by atoms with Crippen molar-refractivity contribution in [2.45, 2.75) is 13.8 Å². The Labute approximate surface area is 121 Å². The predicted octanol–water partition coefficient (Wildman–Crippen LogP) is 1.48. The highest BCUT2D eigenvalue weighted by Crippen LogP contribution is 2.32. The van der Waals surface area contributed by atoms with Crippen molar-refractivity contribution < 1.29 is 9.53 Å². The molecule has 20 heavy (non-hydrogen) atoms. The average Bonchev–Trinajstić information content (AvgIpc) is 2.73. The fourth-order valence-electron chi connectivity index (χ4n) is 1.84. The molecular formula is C13H18N4O2S. The Kier molecular flexibility index (Phi) is 4.86. The number of aryl methyl sites for hydroxylation is 2. The zero-order chi connectivity index (χ0) is 14.5. The molecule has 0 spiro atoms. The summed E-state index contributed by atoms with van der Waals surface area (Å²) in [5.74, 6) is 0.622. The summed E-state index contributed by atoms with van der Waals surface area (Å²) in [6.45, 7) is 5.30. The molecule has 2 aromatic rings. The van der Waals surface area contributed by atoms with Crippen molar-refractivity contribution in [3.63, 3.8) is 0 Å². The van der Waals surface area contributed by atoms with Gasteiger partial charge in [-0.1, -0.05) is 0 Å². The Morgan fingerprint density at radius 2 is 2.20 bits per heavy atom. The largest absolute Gasteiger partial charge is 0.383 e. The Bertz CT molecular complexity index is 612. The molecule has 0 aliphatic carbocycles. The van der Waals surface area contributed by atoms with Crippen LogP contribution >= 0.6 is 11.3 Å². The monoisotopic (exact) mass is 294 g/mol. The van der Waals surface area contributed by atoms with Gasteiger partial charge in [0.2, 0.25) is 5.91 Å². The number of hydrogen-bond donors (Lipinski definition) is 2. The molecule has 0 aliphatic heterocycles. The summed E-state index contributed by atoms with van der Waals surface area (Å²) in [5, 5.41) is 6.83. The Hall–Kier alpha value is -1.73. The Morgan fingerprint density at radius 3 is 2.95 bits per heavy atom. The Balaban J connectivity index is 2.05. The molecule has 0 atom stereocenters. The van der Waals surface area contributed by atoms with Crippen LogP contribution in [0.25, 0.3) is 10.2 Å². The average molecular weight is 294 g/mol. The van der Waals surface area contributed by atoms with Gasteiger partial charge in [-0.25, -0.2) is 9.97 Å². The molecule has 108 valence electrons. The summed E-state index contributed by atoms with van der Waals surface area (Å²) in [5.41, 5.74) is 1.16. The molecule has 2 rings (SSSR count). The van der Waals surface area contributed by atoms with Crippen LogP contribution in [0.1, 0.15) is 10.4 Å². The maximum atomic E-state index is 11.6. The van der Waals surface area contributed by atoms with E-state index in [-0.39, 0.29) is 12.5 Å². The highest BCUT2D eigenvalue weighted by atomic mass is 32.1. The number of rotatable bonds is 6. The van der Waals surface area contributed by atoms with E-state index >= 15 is 0 Å². The van der Waals surface area contributed by atoms with Gasteiger partial charge in [0, 0.05) is 18.5 Å². The Morgan fingerprint density at radius 1 is 1.40 bits per heavy atom. The number of anilines is 1. The number of thiophene rings is 1. The van der Waals surface area contributed by atoms with Gasteiger partial charge >= 0.3 is 0 Å². The van der Waals surface area contributed by atoms with E-state index < -0.39 is 0 Å². The van der Waals surface area contributed by atoms with Crippen molar-refractivity contribution in [2.24, 2.45) is 0 Å². The van der Waals surface area contributed by atoms with Gasteiger partial charge < -0.3 is 15.4 Å². The third-order valence-electron chi connectivity index (χ3n) is 3.01. The number of methoxy groups -OCH3 is 1. The molecule has 1 amide bonds. The van der Waals surface area contributed by atoms with Gasteiger partial charge in [0.15, 0.2) is 0 Å². The number of ether oxygens (including phenoxy) is 1. The zero-order valence-corrected chi connectivity index (χ0v) is 12.6. The molecule has 0 aromatic carbocycles. The number of aromatic nitrogens is 2. The van der Waals surface area contributed by atoms with Crippen LogP contribution in [-0.4, -0.2) is 42.7 Å². The lowest BCUT2D eigenvalue weighted by atomic mass is 10.2. The maximum absolute atomic E-state index is 11.6. The van der Waals surface area contributed by atoms with Crippen molar-refractivity contribution in [2.75, 3.05) is 32.1 Å². The standard InChI is InChI=1S/C13H18N4O2S/c1-8-9(2)20-13-11(8)12(16-7-17-13)15-6-10(18)14-4-5-19-3/h7H,4-6H2,1-3H3,(H,14,18)(H,15,16,17). The molecule has 0 saturated heterocycles. The van der Waals surface area contributed by atoms with E-state index in [0.717, 1.165) is 15.8 Å². The topological polar surface area (TPSA) is 76.1 Å². The molecule has 2 N–H and O–H groups in total.